The lowest BCUT2D eigenvalue weighted by Gasteiger charge is -2.31. The number of carbonyl (C=O) groups is 1. The Balaban J connectivity index is 1.51. The summed E-state index contributed by atoms with van der Waals surface area (Å²) in [5.74, 6) is -1.01. The van der Waals surface area contributed by atoms with E-state index >= 15 is 0 Å². The lowest BCUT2D eigenvalue weighted by molar-refractivity contribution is -0.133. The predicted octanol–water partition coefficient (Wildman–Crippen LogP) is 2.99. The van der Waals surface area contributed by atoms with Gasteiger partial charge in [-0.25, -0.2) is 8.78 Å². The molecule has 1 saturated heterocycles. The molecule has 4 rings (SSSR count). The topological polar surface area (TPSA) is 49.6 Å². The number of carbonyl (C=O) groups excluding carboxylic acids is 1. The van der Waals surface area contributed by atoms with E-state index < -0.39 is 11.6 Å². The normalized spacial score (nSPS) is 18.0. The molecule has 0 bridgehead atoms. The fraction of sp³-hybridized carbons (Fsp3) is 0.474. The van der Waals surface area contributed by atoms with Gasteiger partial charge in [-0.2, -0.15) is 0 Å². The first kappa shape index (κ1) is 17.1. The van der Waals surface area contributed by atoms with Gasteiger partial charge in [-0.15, -0.1) is 0 Å². The van der Waals surface area contributed by atoms with E-state index in [-0.39, 0.29) is 5.91 Å². The minimum absolute atomic E-state index is 0.0926. The van der Waals surface area contributed by atoms with Crippen molar-refractivity contribution in [3.63, 3.8) is 0 Å². The number of halogens is 2. The van der Waals surface area contributed by atoms with Crippen LogP contribution in [0.2, 0.25) is 0 Å². The van der Waals surface area contributed by atoms with Crippen molar-refractivity contribution in [1.29, 1.82) is 0 Å². The second-order valence-corrected chi connectivity index (χ2v) is 6.96. The lowest BCUT2D eigenvalue weighted by Crippen LogP contribution is -2.44. The fourth-order valence-corrected chi connectivity index (χ4v) is 3.70. The first-order chi connectivity index (χ1) is 12.6. The van der Waals surface area contributed by atoms with Gasteiger partial charge in [0.05, 0.1) is 13.1 Å². The number of benzene rings is 1. The Labute approximate surface area is 150 Å². The molecule has 7 heteroatoms. The smallest absolute Gasteiger partial charge is 0.237 e. The zero-order valence-electron chi connectivity index (χ0n) is 14.5. The highest BCUT2D eigenvalue weighted by atomic mass is 19.2. The first-order valence-corrected chi connectivity index (χ1v) is 9.05. The second kappa shape index (κ2) is 7.15. The molecule has 0 aliphatic carbocycles. The van der Waals surface area contributed by atoms with E-state index in [0.29, 0.717) is 43.1 Å². The Hall–Kier alpha value is -2.28. The Bertz CT molecular complexity index is 815. The molecule has 2 aliphatic heterocycles. The standard InChI is InChI=1S/C19H21F2N3O2/c20-15-5-4-13(10-16(15)21)19-14-11-24(9-6-17(14)26-22-19)18(25)12-23-7-2-1-3-8-23/h4-5,10H,1-3,6-9,11-12H2. The summed E-state index contributed by atoms with van der Waals surface area (Å²) in [4.78, 5) is 16.7. The molecule has 0 N–H and O–H groups in total. The zero-order chi connectivity index (χ0) is 18.1. The SMILES string of the molecule is O=C(CN1CCCCC1)N1CCc2onc(-c3ccc(F)c(F)c3)c2C1. The van der Waals surface area contributed by atoms with Crippen molar-refractivity contribution >= 4 is 5.91 Å². The minimum atomic E-state index is -0.923. The van der Waals surface area contributed by atoms with Crippen molar-refractivity contribution in [3.8, 4) is 11.3 Å². The summed E-state index contributed by atoms with van der Waals surface area (Å²) in [6, 6.07) is 3.67. The van der Waals surface area contributed by atoms with Gasteiger partial charge < -0.3 is 9.42 Å². The molecule has 1 amide bonds. The summed E-state index contributed by atoms with van der Waals surface area (Å²) in [6.45, 7) is 3.35. The van der Waals surface area contributed by atoms with Gasteiger partial charge >= 0.3 is 0 Å². The number of rotatable bonds is 3. The first-order valence-electron chi connectivity index (χ1n) is 9.05. The second-order valence-electron chi connectivity index (χ2n) is 6.96. The van der Waals surface area contributed by atoms with Crippen molar-refractivity contribution in [2.45, 2.75) is 32.2 Å². The molecule has 2 aromatic rings. The molecule has 0 spiro atoms. The molecule has 1 aromatic heterocycles. The summed E-state index contributed by atoms with van der Waals surface area (Å²) in [6.07, 6.45) is 4.10. The number of piperidine rings is 1. The van der Waals surface area contributed by atoms with Crippen LogP contribution in [0.5, 0.6) is 0 Å². The van der Waals surface area contributed by atoms with Gasteiger partial charge in [0.25, 0.3) is 0 Å². The quantitative estimate of drug-likeness (QED) is 0.843. The van der Waals surface area contributed by atoms with Gasteiger partial charge in [-0.3, -0.25) is 9.69 Å². The molecule has 1 fully saturated rings. The van der Waals surface area contributed by atoms with E-state index in [1.807, 2.05) is 0 Å². The molecule has 3 heterocycles. The maximum absolute atomic E-state index is 13.6. The van der Waals surface area contributed by atoms with Gasteiger partial charge in [0.15, 0.2) is 11.6 Å². The number of aromatic nitrogens is 1. The van der Waals surface area contributed by atoms with Gasteiger partial charge in [-0.1, -0.05) is 11.6 Å². The Kier molecular flexibility index (Phi) is 4.72. The van der Waals surface area contributed by atoms with Gasteiger partial charge in [0.1, 0.15) is 11.5 Å². The average molecular weight is 361 g/mol. The van der Waals surface area contributed by atoms with E-state index in [2.05, 4.69) is 10.1 Å². The zero-order valence-corrected chi connectivity index (χ0v) is 14.5. The number of hydrogen-bond donors (Lipinski definition) is 0. The molecular weight excluding hydrogens is 340 g/mol. The Morgan fingerprint density at radius 1 is 1.12 bits per heavy atom. The highest BCUT2D eigenvalue weighted by Crippen LogP contribution is 2.30. The van der Waals surface area contributed by atoms with Crippen molar-refractivity contribution < 1.29 is 18.1 Å². The van der Waals surface area contributed by atoms with E-state index in [1.54, 1.807) is 4.90 Å². The maximum atomic E-state index is 13.6. The third-order valence-corrected chi connectivity index (χ3v) is 5.18. The van der Waals surface area contributed by atoms with Crippen LogP contribution >= 0.6 is 0 Å². The largest absolute Gasteiger partial charge is 0.360 e. The monoisotopic (exact) mass is 361 g/mol. The van der Waals surface area contributed by atoms with Crippen LogP contribution in [-0.4, -0.2) is 47.0 Å². The highest BCUT2D eigenvalue weighted by molar-refractivity contribution is 5.79. The van der Waals surface area contributed by atoms with Crippen LogP contribution in [0.15, 0.2) is 22.7 Å². The minimum Gasteiger partial charge on any atom is -0.360 e. The number of likely N-dealkylation sites (tertiary alicyclic amines) is 1. The van der Waals surface area contributed by atoms with Gasteiger partial charge in [0, 0.05) is 24.1 Å². The summed E-state index contributed by atoms with van der Waals surface area (Å²) < 4.78 is 32.1. The van der Waals surface area contributed by atoms with Crippen molar-refractivity contribution in [3.05, 3.63) is 41.2 Å². The third kappa shape index (κ3) is 3.35. The van der Waals surface area contributed by atoms with Crippen molar-refractivity contribution in [2.24, 2.45) is 0 Å². The van der Waals surface area contributed by atoms with Crippen LogP contribution in [0.4, 0.5) is 8.78 Å². The predicted molar refractivity (Wildman–Crippen MR) is 91.3 cm³/mol. The molecule has 138 valence electrons. The molecule has 0 atom stereocenters. The van der Waals surface area contributed by atoms with Crippen LogP contribution < -0.4 is 0 Å². The summed E-state index contributed by atoms with van der Waals surface area (Å²) in [5.41, 5.74) is 1.72. The van der Waals surface area contributed by atoms with Crippen LogP contribution in [-0.2, 0) is 17.8 Å². The van der Waals surface area contributed by atoms with Crippen molar-refractivity contribution in [2.75, 3.05) is 26.2 Å². The van der Waals surface area contributed by atoms with E-state index in [0.717, 1.165) is 43.6 Å². The Morgan fingerprint density at radius 3 is 2.69 bits per heavy atom. The van der Waals surface area contributed by atoms with Crippen LogP contribution in [0.3, 0.4) is 0 Å². The molecule has 1 aromatic carbocycles. The summed E-state index contributed by atoms with van der Waals surface area (Å²) in [5, 5.41) is 4.04. The van der Waals surface area contributed by atoms with Crippen LogP contribution in [0.25, 0.3) is 11.3 Å². The molecule has 0 radical (unpaired) electrons. The highest BCUT2D eigenvalue weighted by Gasteiger charge is 2.28. The molecule has 2 aliphatic rings. The molecule has 5 nitrogen and oxygen atoms in total. The summed E-state index contributed by atoms with van der Waals surface area (Å²) in [7, 11) is 0. The number of hydrogen-bond acceptors (Lipinski definition) is 4. The number of nitrogens with zero attached hydrogens (tertiary/aromatic N) is 3. The fourth-order valence-electron chi connectivity index (χ4n) is 3.70. The molecule has 26 heavy (non-hydrogen) atoms. The lowest BCUT2D eigenvalue weighted by atomic mass is 10.0. The Morgan fingerprint density at radius 2 is 1.92 bits per heavy atom. The van der Waals surface area contributed by atoms with E-state index in [1.165, 1.54) is 12.5 Å². The van der Waals surface area contributed by atoms with E-state index in [9.17, 15) is 13.6 Å². The molecule has 0 saturated carbocycles. The van der Waals surface area contributed by atoms with Crippen LogP contribution in [0, 0.1) is 11.6 Å². The number of amides is 1. The molecular formula is C19H21F2N3O2. The maximum Gasteiger partial charge on any atom is 0.237 e. The van der Waals surface area contributed by atoms with Gasteiger partial charge in [0.2, 0.25) is 5.91 Å². The van der Waals surface area contributed by atoms with Crippen LogP contribution in [0.1, 0.15) is 30.6 Å². The molecule has 0 unspecified atom stereocenters. The average Bonchev–Trinajstić information content (AvgIpc) is 3.08. The number of fused-ring (bicyclic) bond motifs is 1. The third-order valence-electron chi connectivity index (χ3n) is 5.18. The van der Waals surface area contributed by atoms with E-state index in [4.69, 9.17) is 4.52 Å². The summed E-state index contributed by atoms with van der Waals surface area (Å²) >= 11 is 0. The van der Waals surface area contributed by atoms with Crippen molar-refractivity contribution in [1.82, 2.24) is 15.0 Å². The van der Waals surface area contributed by atoms with Gasteiger partial charge in [-0.05, 0) is 44.1 Å².